The molecule has 2 rings (SSSR count). The van der Waals surface area contributed by atoms with Gasteiger partial charge in [-0.05, 0) is 0 Å². The minimum absolute atomic E-state index is 0.0705. The maximum Gasteiger partial charge on any atom is 0.508 e. The van der Waals surface area contributed by atoms with E-state index >= 15 is 0 Å². The van der Waals surface area contributed by atoms with Crippen LogP contribution < -0.4 is 0 Å². The van der Waals surface area contributed by atoms with Gasteiger partial charge in [0.25, 0.3) is 0 Å². The van der Waals surface area contributed by atoms with Gasteiger partial charge in [-0.15, -0.1) is 0 Å². The molecule has 0 radical (unpaired) electrons. The summed E-state index contributed by atoms with van der Waals surface area (Å²) in [5.41, 5.74) is 0. The Morgan fingerprint density at radius 2 is 1.29 bits per heavy atom. The molecule has 2 heterocycles. The fraction of sp³-hybridized carbons (Fsp3) is 0.643. The number of rotatable bonds is 3. The van der Waals surface area contributed by atoms with Gasteiger partial charge < -0.3 is 33.5 Å². The van der Waals surface area contributed by atoms with Crippen molar-refractivity contribution < 1.29 is 75.0 Å². The maximum atomic E-state index is 10.3. The molecule has 2 atom stereocenters. The van der Waals surface area contributed by atoms with Crippen LogP contribution in [0.4, 0.5) is 9.59 Å². The van der Waals surface area contributed by atoms with Crippen molar-refractivity contribution in [1.29, 1.82) is 0 Å². The van der Waals surface area contributed by atoms with Crippen molar-refractivity contribution in [2.24, 2.45) is 0 Å². The first-order valence-electron chi connectivity index (χ1n) is 7.93. The van der Waals surface area contributed by atoms with Crippen molar-refractivity contribution in [3.63, 3.8) is 0 Å². The number of ether oxygens (including phenoxy) is 6. The summed E-state index contributed by atoms with van der Waals surface area (Å²) in [5, 5.41) is 8.33. The van der Waals surface area contributed by atoms with Crippen molar-refractivity contribution in [3.05, 3.63) is 0 Å². The molecular weight excluding hydrogens is 456 g/mol. The second-order valence-electron chi connectivity index (χ2n) is 5.12. The largest absolute Gasteiger partial charge is 0.508 e. The lowest BCUT2D eigenvalue weighted by molar-refractivity contribution is -0.156. The van der Waals surface area contributed by atoms with E-state index in [1.807, 2.05) is 0 Å². The summed E-state index contributed by atoms with van der Waals surface area (Å²) in [5.74, 6) is -1.52. The Morgan fingerprint density at radius 3 is 1.48 bits per heavy atom. The highest BCUT2D eigenvalue weighted by atomic mass is 32.3. The molecule has 0 saturated carbocycles. The number of carbonyl (C=O) groups is 5. The van der Waals surface area contributed by atoms with Gasteiger partial charge in [0.15, 0.2) is 12.2 Å². The lowest BCUT2D eigenvalue weighted by Gasteiger charge is -2.04. The lowest BCUT2D eigenvalue weighted by Crippen LogP contribution is -2.19. The van der Waals surface area contributed by atoms with E-state index in [-0.39, 0.29) is 26.4 Å². The molecule has 31 heavy (non-hydrogen) atoms. The summed E-state index contributed by atoms with van der Waals surface area (Å²) in [4.78, 5) is 50.3. The number of hydrogen-bond donors (Lipinski definition) is 3. The summed E-state index contributed by atoms with van der Waals surface area (Å²) in [6.07, 6.45) is -2.28. The van der Waals surface area contributed by atoms with Crippen LogP contribution in [0.2, 0.25) is 0 Å². The predicted octanol–water partition coefficient (Wildman–Crippen LogP) is -0.958. The van der Waals surface area contributed by atoms with E-state index in [1.54, 1.807) is 0 Å². The topological polar surface area (TPSA) is 236 Å². The monoisotopic (exact) mass is 478 g/mol. The predicted molar refractivity (Wildman–Crippen MR) is 92.8 cm³/mol. The molecule has 2 unspecified atom stereocenters. The Hall–Kier alpha value is -3.02. The fourth-order valence-electron chi connectivity index (χ4n) is 1.32. The van der Waals surface area contributed by atoms with Gasteiger partial charge in [-0.25, -0.2) is 9.59 Å². The Morgan fingerprint density at radius 1 is 0.903 bits per heavy atom. The molecule has 0 aromatic rings. The van der Waals surface area contributed by atoms with Crippen LogP contribution in [0.15, 0.2) is 0 Å². The second-order valence-corrected chi connectivity index (χ2v) is 6.02. The molecule has 0 amide bonds. The Balaban J connectivity index is 0. The number of aliphatic hydroxyl groups is 1. The molecule has 0 spiro atoms. The van der Waals surface area contributed by atoms with E-state index in [1.165, 1.54) is 20.8 Å². The molecule has 2 fully saturated rings. The zero-order valence-electron chi connectivity index (χ0n) is 16.5. The number of esters is 3. The van der Waals surface area contributed by atoms with Crippen LogP contribution in [0.25, 0.3) is 0 Å². The van der Waals surface area contributed by atoms with Gasteiger partial charge in [0, 0.05) is 20.8 Å². The molecule has 0 aromatic heterocycles. The number of cyclic esters (lactones) is 4. The van der Waals surface area contributed by atoms with Gasteiger partial charge in [-0.1, -0.05) is 0 Å². The summed E-state index contributed by atoms with van der Waals surface area (Å²) < 4.78 is 57.9. The van der Waals surface area contributed by atoms with E-state index < -0.39 is 52.8 Å². The molecule has 2 aliphatic heterocycles. The van der Waals surface area contributed by atoms with Crippen molar-refractivity contribution in [1.82, 2.24) is 0 Å². The molecule has 2 saturated heterocycles. The smallest absolute Gasteiger partial charge is 0.462 e. The summed E-state index contributed by atoms with van der Waals surface area (Å²) in [7, 11) is -4.67. The Bertz CT molecular complexity index is 694. The third kappa shape index (κ3) is 24.9. The zero-order valence-corrected chi connectivity index (χ0v) is 17.4. The first-order valence-corrected chi connectivity index (χ1v) is 9.33. The SMILES string of the molecule is CC(=O)OC(C)=O.CC(=O)OCC1COC(=O)O1.O=C1OCC(CO)O1.O=S(=O)(O)O. The van der Waals surface area contributed by atoms with Crippen LogP contribution in [-0.2, 0) is 53.2 Å². The molecule has 0 aromatic carbocycles. The highest BCUT2D eigenvalue weighted by Gasteiger charge is 2.25. The number of hydrogen-bond acceptors (Lipinski definition) is 14. The van der Waals surface area contributed by atoms with Crippen LogP contribution in [0.1, 0.15) is 20.8 Å². The maximum absolute atomic E-state index is 10.3. The molecule has 2 aliphatic rings. The second kappa shape index (κ2) is 15.8. The van der Waals surface area contributed by atoms with Crippen LogP contribution in [0.5, 0.6) is 0 Å². The van der Waals surface area contributed by atoms with Gasteiger partial charge in [-0.2, -0.15) is 8.42 Å². The van der Waals surface area contributed by atoms with Crippen molar-refractivity contribution in [3.8, 4) is 0 Å². The molecule has 180 valence electrons. The van der Waals surface area contributed by atoms with Crippen LogP contribution in [-0.4, -0.2) is 91.5 Å². The molecule has 16 nitrogen and oxygen atoms in total. The molecular formula is C14H22O16S. The highest BCUT2D eigenvalue weighted by Crippen LogP contribution is 2.06. The fourth-order valence-corrected chi connectivity index (χ4v) is 1.32. The van der Waals surface area contributed by atoms with Crippen molar-refractivity contribution in [2.45, 2.75) is 33.0 Å². The van der Waals surface area contributed by atoms with Crippen LogP contribution in [0.3, 0.4) is 0 Å². The van der Waals surface area contributed by atoms with Gasteiger partial charge >= 0.3 is 40.6 Å². The highest BCUT2D eigenvalue weighted by molar-refractivity contribution is 7.79. The van der Waals surface area contributed by atoms with Gasteiger partial charge in [0.2, 0.25) is 0 Å². The molecule has 0 bridgehead atoms. The van der Waals surface area contributed by atoms with Gasteiger partial charge in [0.1, 0.15) is 19.8 Å². The van der Waals surface area contributed by atoms with Crippen LogP contribution in [0, 0.1) is 0 Å². The van der Waals surface area contributed by atoms with Crippen LogP contribution >= 0.6 is 0 Å². The number of aliphatic hydroxyl groups excluding tert-OH is 1. The van der Waals surface area contributed by atoms with Crippen molar-refractivity contribution >= 4 is 40.6 Å². The van der Waals surface area contributed by atoms with E-state index in [4.69, 9.17) is 22.6 Å². The zero-order chi connectivity index (χ0) is 24.6. The normalized spacial score (nSPS) is 18.5. The average Bonchev–Trinajstić information content (AvgIpc) is 3.19. The molecule has 0 aliphatic carbocycles. The average molecular weight is 478 g/mol. The Labute approximate surface area is 175 Å². The standard InChI is InChI=1S/C6H8O5.C4H6O4.C4H6O3.H2O4S/c1-4(7)9-2-5-3-10-6(8)11-5;5-1-3-2-7-4(6)8-3;1-3(5)7-4(2)6;1-5(2,3)4/h5H,2-3H2,1H3;3,5H,1-2H2;1-2H3;(H2,1,2,3,4). The quantitative estimate of drug-likeness (QED) is 0.192. The molecule has 17 heteroatoms. The van der Waals surface area contributed by atoms with Gasteiger partial charge in [0.05, 0.1) is 6.61 Å². The van der Waals surface area contributed by atoms with E-state index in [0.29, 0.717) is 0 Å². The lowest BCUT2D eigenvalue weighted by atomic mass is 10.4. The minimum Gasteiger partial charge on any atom is -0.462 e. The molecule has 3 N–H and O–H groups in total. The van der Waals surface area contributed by atoms with E-state index in [2.05, 4.69) is 28.4 Å². The third-order valence-corrected chi connectivity index (χ3v) is 2.26. The Kier molecular flexibility index (Phi) is 15.4. The van der Waals surface area contributed by atoms with Gasteiger partial charge in [-0.3, -0.25) is 23.5 Å². The first kappa shape index (κ1) is 30.2. The van der Waals surface area contributed by atoms with E-state index in [0.717, 1.165) is 0 Å². The number of carbonyl (C=O) groups excluding carboxylic acids is 5. The first-order chi connectivity index (χ1) is 14.1. The van der Waals surface area contributed by atoms with E-state index in [9.17, 15) is 24.0 Å². The minimum atomic E-state index is -4.67. The third-order valence-electron chi connectivity index (χ3n) is 2.26. The summed E-state index contributed by atoms with van der Waals surface area (Å²) in [6, 6.07) is 0. The summed E-state index contributed by atoms with van der Waals surface area (Å²) >= 11 is 0. The van der Waals surface area contributed by atoms with Crippen molar-refractivity contribution in [2.75, 3.05) is 26.4 Å². The summed E-state index contributed by atoms with van der Waals surface area (Å²) in [6.45, 7) is 3.90.